The Bertz CT molecular complexity index is 575. The van der Waals surface area contributed by atoms with Gasteiger partial charge in [0.15, 0.2) is 0 Å². The lowest BCUT2D eigenvalue weighted by Crippen LogP contribution is -2.38. The van der Waals surface area contributed by atoms with Crippen LogP contribution in [0.2, 0.25) is 5.02 Å². The maximum absolute atomic E-state index is 12.7. The lowest BCUT2D eigenvalue weighted by Gasteiger charge is -2.26. The van der Waals surface area contributed by atoms with Crippen LogP contribution in [0.5, 0.6) is 0 Å². The summed E-state index contributed by atoms with van der Waals surface area (Å²) in [4.78, 5) is 0.255. The Kier molecular flexibility index (Phi) is 5.35. The van der Waals surface area contributed by atoms with Crippen molar-refractivity contribution in [1.29, 1.82) is 0 Å². The minimum Gasteiger partial charge on any atom is -0.207 e. The molecule has 0 N–H and O–H groups in total. The van der Waals surface area contributed by atoms with Crippen LogP contribution in [-0.2, 0) is 15.9 Å². The molecule has 1 atom stereocenters. The third-order valence-corrected chi connectivity index (χ3v) is 6.42. The van der Waals surface area contributed by atoms with Gasteiger partial charge in [0.2, 0.25) is 10.0 Å². The van der Waals surface area contributed by atoms with Gasteiger partial charge in [0, 0.05) is 23.5 Å². The largest absolute Gasteiger partial charge is 0.243 e. The highest BCUT2D eigenvalue weighted by molar-refractivity contribution is 7.89. The van der Waals surface area contributed by atoms with Crippen LogP contribution in [0, 0.1) is 0 Å². The molecule has 1 aliphatic rings. The van der Waals surface area contributed by atoms with Gasteiger partial charge < -0.3 is 0 Å². The Hall–Kier alpha value is -0.290. The first-order valence-electron chi connectivity index (χ1n) is 6.83. The first-order chi connectivity index (χ1) is 9.46. The van der Waals surface area contributed by atoms with Gasteiger partial charge in [-0.2, -0.15) is 4.31 Å². The molecule has 0 aromatic heterocycles. The first-order valence-corrected chi connectivity index (χ1v) is 9.18. The van der Waals surface area contributed by atoms with E-state index in [0.717, 1.165) is 31.2 Å². The number of nitrogens with zero attached hydrogens (tertiary/aromatic N) is 1. The molecule has 1 heterocycles. The summed E-state index contributed by atoms with van der Waals surface area (Å²) in [6.45, 7) is 2.55. The maximum Gasteiger partial charge on any atom is 0.243 e. The Balaban J connectivity index is 2.36. The summed E-state index contributed by atoms with van der Waals surface area (Å²) in [5.74, 6) is 0.277. The van der Waals surface area contributed by atoms with Gasteiger partial charge in [-0.05, 0) is 37.5 Å². The normalized spacial score (nSPS) is 21.6. The smallest absolute Gasteiger partial charge is 0.207 e. The van der Waals surface area contributed by atoms with E-state index < -0.39 is 10.0 Å². The van der Waals surface area contributed by atoms with E-state index in [1.54, 1.807) is 16.4 Å². The summed E-state index contributed by atoms with van der Waals surface area (Å²) >= 11 is 11.8. The van der Waals surface area contributed by atoms with Crippen LogP contribution in [0.1, 0.15) is 38.2 Å². The highest BCUT2D eigenvalue weighted by Crippen LogP contribution is 2.28. The molecule has 1 aliphatic heterocycles. The van der Waals surface area contributed by atoms with Crippen LogP contribution in [0.4, 0.5) is 0 Å². The second kappa shape index (κ2) is 6.65. The Morgan fingerprint density at radius 2 is 2.05 bits per heavy atom. The summed E-state index contributed by atoms with van der Waals surface area (Å²) in [7, 11) is -3.48. The molecule has 112 valence electrons. The highest BCUT2D eigenvalue weighted by atomic mass is 35.5. The number of hydrogen-bond donors (Lipinski definition) is 0. The third-order valence-electron chi connectivity index (χ3n) is 3.77. The molecule has 6 heteroatoms. The molecule has 1 saturated heterocycles. The summed E-state index contributed by atoms with van der Waals surface area (Å²) < 4.78 is 27.1. The first kappa shape index (κ1) is 16.1. The van der Waals surface area contributed by atoms with Crippen molar-refractivity contribution < 1.29 is 8.42 Å². The molecule has 0 amide bonds. The second-order valence-corrected chi connectivity index (χ2v) is 7.77. The van der Waals surface area contributed by atoms with Gasteiger partial charge >= 0.3 is 0 Å². The molecular weight excluding hydrogens is 317 g/mol. The Morgan fingerprint density at radius 3 is 2.70 bits per heavy atom. The molecule has 0 aliphatic carbocycles. The SMILES string of the molecule is CC1CCCCCN1S(=O)(=O)c1ccc(CCl)c(Cl)c1. The van der Waals surface area contributed by atoms with E-state index >= 15 is 0 Å². The predicted molar refractivity (Wildman–Crippen MR) is 82.8 cm³/mol. The standard InChI is InChI=1S/C14H19Cl2NO2S/c1-11-5-3-2-4-8-17(11)20(18,19)13-7-6-12(10-15)14(16)9-13/h6-7,9,11H,2-5,8,10H2,1H3. The fourth-order valence-corrected chi connectivity index (χ4v) is 4.88. The summed E-state index contributed by atoms with van der Waals surface area (Å²) in [5, 5.41) is 0.406. The van der Waals surface area contributed by atoms with E-state index in [1.165, 1.54) is 6.07 Å². The van der Waals surface area contributed by atoms with E-state index in [4.69, 9.17) is 23.2 Å². The molecule has 3 nitrogen and oxygen atoms in total. The quantitative estimate of drug-likeness (QED) is 0.782. The van der Waals surface area contributed by atoms with Gasteiger partial charge in [0.05, 0.1) is 4.90 Å². The van der Waals surface area contributed by atoms with Crippen molar-refractivity contribution in [2.75, 3.05) is 6.54 Å². The van der Waals surface area contributed by atoms with Crippen LogP contribution in [0.3, 0.4) is 0 Å². The van der Waals surface area contributed by atoms with E-state index in [2.05, 4.69) is 0 Å². The summed E-state index contributed by atoms with van der Waals surface area (Å²) in [5.41, 5.74) is 0.746. The number of sulfonamides is 1. The van der Waals surface area contributed by atoms with Gasteiger partial charge in [-0.25, -0.2) is 8.42 Å². The van der Waals surface area contributed by atoms with Crippen LogP contribution in [0.25, 0.3) is 0 Å². The second-order valence-electron chi connectivity index (χ2n) is 5.20. The van der Waals surface area contributed by atoms with Gasteiger partial charge in [-0.1, -0.05) is 30.5 Å². The molecule has 0 spiro atoms. The molecule has 0 bridgehead atoms. The molecule has 1 aromatic rings. The molecule has 1 unspecified atom stereocenters. The monoisotopic (exact) mass is 335 g/mol. The van der Waals surface area contributed by atoms with Gasteiger partial charge in [0.25, 0.3) is 0 Å². The fourth-order valence-electron chi connectivity index (χ4n) is 2.54. The Morgan fingerprint density at radius 1 is 1.30 bits per heavy atom. The molecule has 20 heavy (non-hydrogen) atoms. The van der Waals surface area contributed by atoms with Crippen molar-refractivity contribution in [1.82, 2.24) is 4.31 Å². The van der Waals surface area contributed by atoms with Gasteiger partial charge in [-0.3, -0.25) is 0 Å². The minimum absolute atomic E-state index is 0.0361. The maximum atomic E-state index is 12.7. The Labute approximate surface area is 130 Å². The molecule has 1 aromatic carbocycles. The molecule has 1 fully saturated rings. The molecule has 0 radical (unpaired) electrons. The van der Waals surface area contributed by atoms with E-state index in [0.29, 0.717) is 11.6 Å². The van der Waals surface area contributed by atoms with E-state index in [9.17, 15) is 8.42 Å². The lowest BCUT2D eigenvalue weighted by molar-refractivity contribution is 0.342. The number of hydrogen-bond acceptors (Lipinski definition) is 2. The zero-order chi connectivity index (χ0) is 14.8. The average Bonchev–Trinajstić information content (AvgIpc) is 2.63. The molecular formula is C14H19Cl2NO2S. The summed E-state index contributed by atoms with van der Waals surface area (Å²) in [6.07, 6.45) is 3.99. The van der Waals surface area contributed by atoms with E-state index in [1.807, 2.05) is 6.92 Å². The predicted octanol–water partition coefficient (Wildman–Crippen LogP) is 4.03. The number of rotatable bonds is 3. The zero-order valence-electron chi connectivity index (χ0n) is 11.5. The van der Waals surface area contributed by atoms with Crippen molar-refractivity contribution in [2.45, 2.75) is 49.4 Å². The van der Waals surface area contributed by atoms with Crippen molar-refractivity contribution >= 4 is 33.2 Å². The van der Waals surface area contributed by atoms with E-state index in [-0.39, 0.29) is 16.8 Å². The molecule has 0 saturated carbocycles. The van der Waals surface area contributed by atoms with Gasteiger partial charge in [0.1, 0.15) is 0 Å². The number of benzene rings is 1. The van der Waals surface area contributed by atoms with Crippen molar-refractivity contribution in [2.24, 2.45) is 0 Å². The number of halogens is 2. The highest BCUT2D eigenvalue weighted by Gasteiger charge is 2.30. The lowest BCUT2D eigenvalue weighted by atomic mass is 10.1. The van der Waals surface area contributed by atoms with Crippen molar-refractivity contribution in [3.63, 3.8) is 0 Å². The average molecular weight is 336 g/mol. The minimum atomic E-state index is -3.48. The fraction of sp³-hybridized carbons (Fsp3) is 0.571. The third kappa shape index (κ3) is 3.30. The van der Waals surface area contributed by atoms with Crippen LogP contribution in [0.15, 0.2) is 23.1 Å². The van der Waals surface area contributed by atoms with Crippen LogP contribution < -0.4 is 0 Å². The van der Waals surface area contributed by atoms with Crippen LogP contribution >= 0.6 is 23.2 Å². The van der Waals surface area contributed by atoms with Crippen molar-refractivity contribution in [3.8, 4) is 0 Å². The van der Waals surface area contributed by atoms with Crippen LogP contribution in [-0.4, -0.2) is 25.3 Å². The zero-order valence-corrected chi connectivity index (χ0v) is 13.8. The molecule has 2 rings (SSSR count). The summed E-state index contributed by atoms with van der Waals surface area (Å²) in [6, 6.07) is 4.82. The van der Waals surface area contributed by atoms with Crippen molar-refractivity contribution in [3.05, 3.63) is 28.8 Å². The topological polar surface area (TPSA) is 37.4 Å². The number of alkyl halides is 1. The van der Waals surface area contributed by atoms with Gasteiger partial charge in [-0.15, -0.1) is 11.6 Å².